The van der Waals surface area contributed by atoms with Gasteiger partial charge in [-0.15, -0.1) is 56.7 Å². The fourth-order valence-corrected chi connectivity index (χ4v) is 19.6. The smallest absolute Gasteiger partial charge is 0.346 e. The average molecular weight is 1680 g/mol. The summed E-state index contributed by atoms with van der Waals surface area (Å²) in [5, 5.41) is 37.7. The molecule has 11 nitrogen and oxygen atoms in total. The van der Waals surface area contributed by atoms with Crippen LogP contribution in [0.5, 0.6) is 5.75 Å². The van der Waals surface area contributed by atoms with Crippen molar-refractivity contribution in [2.24, 2.45) is 0 Å². The largest absolute Gasteiger partial charge is 0.497 e. The van der Waals surface area contributed by atoms with Crippen molar-refractivity contribution in [1.29, 1.82) is 10.5 Å². The van der Waals surface area contributed by atoms with Crippen molar-refractivity contribution >= 4 is 161 Å². The van der Waals surface area contributed by atoms with Crippen molar-refractivity contribution in [2.45, 2.75) is 20.8 Å². The minimum Gasteiger partial charge on any atom is -0.497 e. The fourth-order valence-electron chi connectivity index (χ4n) is 14.3. The lowest BCUT2D eigenvalue weighted by atomic mass is 9.96. The van der Waals surface area contributed by atoms with Gasteiger partial charge in [0, 0.05) is 118 Å². The molecule has 5 heterocycles. The summed E-state index contributed by atoms with van der Waals surface area (Å²) in [6, 6.07) is 132. The molecule has 0 fully saturated rings. The Bertz CT molecular complexity index is 6380. The van der Waals surface area contributed by atoms with Gasteiger partial charge in [0.1, 0.15) is 29.0 Å². The molecule has 122 heavy (non-hydrogen) atoms. The van der Waals surface area contributed by atoms with E-state index >= 15 is 0 Å². The van der Waals surface area contributed by atoms with Crippen LogP contribution in [0.25, 0.3) is 74.6 Å². The number of benzene rings is 12. The summed E-state index contributed by atoms with van der Waals surface area (Å²) in [6.07, 6.45) is 4.98. The molecular formula is C106H78N6O5S5. The van der Waals surface area contributed by atoms with Crippen molar-refractivity contribution in [3.05, 3.63) is 424 Å². The van der Waals surface area contributed by atoms with Crippen molar-refractivity contribution in [3.63, 3.8) is 0 Å². The normalized spacial score (nSPS) is 11.4. The molecule has 0 bridgehead atoms. The van der Waals surface area contributed by atoms with Crippen LogP contribution in [0.2, 0.25) is 0 Å². The van der Waals surface area contributed by atoms with Crippen LogP contribution in [0.4, 0.5) is 68.2 Å². The molecule has 0 saturated carbocycles. The number of hydrogen-bond acceptors (Lipinski definition) is 14. The minimum absolute atomic E-state index is 0.287. The highest BCUT2D eigenvalue weighted by molar-refractivity contribution is 7.28. The highest BCUT2D eigenvalue weighted by Crippen LogP contribution is 2.51. The van der Waals surface area contributed by atoms with E-state index in [0.29, 0.717) is 4.88 Å². The van der Waals surface area contributed by atoms with E-state index in [-0.39, 0.29) is 11.1 Å². The van der Waals surface area contributed by atoms with Gasteiger partial charge >= 0.3 is 11.9 Å². The Balaban J connectivity index is 0.000000183. The summed E-state index contributed by atoms with van der Waals surface area (Å²) < 4.78 is 5.45. The summed E-state index contributed by atoms with van der Waals surface area (Å²) in [5.74, 6) is -1.69. The molecule has 0 unspecified atom stereocenters. The third-order valence-corrected chi connectivity index (χ3v) is 26.3. The number of carbonyl (C=O) groups is 2. The van der Waals surface area contributed by atoms with Gasteiger partial charge in [-0.3, -0.25) is 0 Å². The molecule has 5 aromatic heterocycles. The molecule has 17 aromatic rings. The van der Waals surface area contributed by atoms with E-state index in [1.54, 1.807) is 53.3 Å². The number of nitrogens with zero attached hydrogens (tertiary/aromatic N) is 6. The number of carboxylic acids is 2. The van der Waals surface area contributed by atoms with Gasteiger partial charge in [-0.05, 0) is 279 Å². The van der Waals surface area contributed by atoms with Crippen molar-refractivity contribution in [3.8, 4) is 68.7 Å². The lowest BCUT2D eigenvalue weighted by Gasteiger charge is -2.26. The molecule has 0 radical (unpaired) electrons. The summed E-state index contributed by atoms with van der Waals surface area (Å²) in [5.41, 5.74) is 22.2. The number of aryl methyl sites for hydroxylation is 3. The predicted octanol–water partition coefficient (Wildman–Crippen LogP) is 30.4. The minimum atomic E-state index is -1.25. The number of nitriles is 2. The first kappa shape index (κ1) is 81.0. The number of hydrogen-bond donors (Lipinski definition) is 2. The Morgan fingerprint density at radius 3 is 0.959 bits per heavy atom. The number of methoxy groups -OCH3 is 1. The Morgan fingerprint density at radius 2 is 0.598 bits per heavy atom. The average Bonchev–Trinajstić information content (AvgIpc) is 1.53. The summed E-state index contributed by atoms with van der Waals surface area (Å²) >= 11 is 8.20. The van der Waals surface area contributed by atoms with E-state index in [2.05, 4.69) is 356 Å². The second-order valence-corrected chi connectivity index (χ2v) is 34.2. The number of carboxylic acid groups (broad SMARTS) is 2. The van der Waals surface area contributed by atoms with E-state index in [4.69, 9.17) is 4.74 Å². The zero-order chi connectivity index (χ0) is 84.0. The number of aliphatic carboxylic acids is 2. The summed E-state index contributed by atoms with van der Waals surface area (Å²) in [7, 11) is 1.67. The predicted molar refractivity (Wildman–Crippen MR) is 511 cm³/mol. The Labute approximate surface area is 729 Å². The van der Waals surface area contributed by atoms with Crippen LogP contribution in [-0.4, -0.2) is 29.3 Å². The van der Waals surface area contributed by atoms with E-state index in [1.165, 1.54) is 71.0 Å². The zero-order valence-corrected chi connectivity index (χ0v) is 70.9. The molecule has 17 rings (SSSR count). The Hall–Kier alpha value is -14.7. The molecule has 0 aliphatic rings. The quantitative estimate of drug-likeness (QED) is 0.0417. The maximum absolute atomic E-state index is 11.6. The van der Waals surface area contributed by atoms with Gasteiger partial charge in [0.2, 0.25) is 0 Å². The molecule has 2 N–H and O–H groups in total. The highest BCUT2D eigenvalue weighted by Gasteiger charge is 2.24. The highest BCUT2D eigenvalue weighted by atomic mass is 32.1. The lowest BCUT2D eigenvalue weighted by Crippen LogP contribution is -2.10. The van der Waals surface area contributed by atoms with Crippen LogP contribution in [0, 0.1) is 43.4 Å². The second kappa shape index (κ2) is 37.5. The molecule has 0 spiro atoms. The van der Waals surface area contributed by atoms with Crippen LogP contribution in [0.15, 0.2) is 381 Å². The number of ether oxygens (including phenoxy) is 1. The first-order valence-corrected chi connectivity index (χ1v) is 43.4. The topological polar surface area (TPSA) is 144 Å². The zero-order valence-electron chi connectivity index (χ0n) is 66.8. The first-order valence-electron chi connectivity index (χ1n) is 39.3. The Morgan fingerprint density at radius 1 is 0.303 bits per heavy atom. The standard InChI is InChI=1S/C56H37N3O2S4.C50H41N3O3S/c57-37-40(56(60)61)35-47-29-30-52(62-47)54-36-48(51-33-31-49(63-51)38-21-25-45(26-22-38)58(41-13-5-1-6-14-41)42-15-7-2-8-16-42)55(65-54)53-34-32-50(64-53)39-23-27-46(28-24-39)59(43-17-9-3-10-18-43)44-19-11-4-12-20-44;1-34-5-15-40(16-6-34)52(41-17-7-35(2)8-18-41)43-21-11-37(12-22-43)49(32-48-30-29-47(57-48)31-39(33-51)50(54)55)38-13-23-44(24-14-38)53(42-19-9-36(3)10-20-42)45-25-27-46(56-4)28-26-45/h1-36H,(H,60,61);5-32H,1-4H3,(H,54,55)/b40-35+;39-31+,49-32-. The number of para-hydroxylation sites is 4. The van der Waals surface area contributed by atoms with Gasteiger partial charge in [0.25, 0.3) is 0 Å². The van der Waals surface area contributed by atoms with E-state index in [9.17, 15) is 30.3 Å². The van der Waals surface area contributed by atoms with Crippen LogP contribution >= 0.6 is 56.7 Å². The van der Waals surface area contributed by atoms with Crippen molar-refractivity contribution in [2.75, 3.05) is 26.7 Å². The van der Waals surface area contributed by atoms with Gasteiger partial charge in [-0.1, -0.05) is 174 Å². The van der Waals surface area contributed by atoms with Crippen molar-refractivity contribution in [1.82, 2.24) is 0 Å². The van der Waals surface area contributed by atoms with E-state index in [1.807, 2.05) is 60.7 Å². The van der Waals surface area contributed by atoms with Crippen LogP contribution in [0.1, 0.15) is 42.4 Å². The van der Waals surface area contributed by atoms with Gasteiger partial charge in [0.15, 0.2) is 0 Å². The number of rotatable bonds is 25. The third-order valence-electron chi connectivity index (χ3n) is 20.5. The molecule has 0 saturated heterocycles. The first-order chi connectivity index (χ1) is 59.7. The van der Waals surface area contributed by atoms with E-state index < -0.39 is 11.9 Å². The fraction of sp³-hybridized carbons (Fsp3) is 0.0377. The SMILES string of the molecule is COc1ccc(N(c2ccc(C)cc2)c2ccc(/C(=C\c3ccc(/C=C(\C#N)C(=O)O)s3)c3ccc(N(c4ccc(C)cc4)c4ccc(C)cc4)cc3)cc2)cc1.N#C/C(=C\c1ccc(-c2cc(-c3ccc(-c4ccc(N(c5ccccc5)c5ccccc5)cc4)s3)c(-c3ccc(-c4ccc(N(c5ccccc5)c5ccccc5)cc4)s3)s2)s1)C(=O)O. The molecule has 0 amide bonds. The van der Waals surface area contributed by atoms with Crippen molar-refractivity contribution < 1.29 is 24.5 Å². The maximum Gasteiger partial charge on any atom is 0.346 e. The Kier molecular flexibility index (Phi) is 24.9. The molecule has 0 aliphatic heterocycles. The van der Waals surface area contributed by atoms with Crippen LogP contribution in [0.3, 0.4) is 0 Å². The van der Waals surface area contributed by atoms with Crippen LogP contribution < -0.4 is 24.3 Å². The summed E-state index contributed by atoms with van der Waals surface area (Å²) in [4.78, 5) is 42.5. The maximum atomic E-state index is 11.6. The molecular weight excluding hydrogens is 1600 g/mol. The second-order valence-electron chi connectivity index (χ2n) is 28.7. The van der Waals surface area contributed by atoms with E-state index in [0.717, 1.165) is 132 Å². The van der Waals surface area contributed by atoms with Gasteiger partial charge < -0.3 is 34.5 Å². The molecule has 16 heteroatoms. The molecule has 0 atom stereocenters. The van der Waals surface area contributed by atoms with Gasteiger partial charge in [-0.25, -0.2) is 9.59 Å². The number of anilines is 12. The molecule has 592 valence electrons. The lowest BCUT2D eigenvalue weighted by molar-refractivity contribution is -0.133. The summed E-state index contributed by atoms with van der Waals surface area (Å²) in [6.45, 7) is 6.27. The molecule has 12 aromatic carbocycles. The van der Waals surface area contributed by atoms with Gasteiger partial charge in [0.05, 0.1) is 12.0 Å². The van der Waals surface area contributed by atoms with Gasteiger partial charge in [-0.2, -0.15) is 10.5 Å². The third kappa shape index (κ3) is 18.7. The van der Waals surface area contributed by atoms with Crippen LogP contribution in [-0.2, 0) is 9.59 Å². The molecule has 0 aliphatic carbocycles. The number of thiophene rings is 5. The monoisotopic (exact) mass is 1670 g/mol.